The molecule has 0 heterocycles. The van der Waals surface area contributed by atoms with Crippen LogP contribution in [0.1, 0.15) is 65.4 Å². The van der Waals surface area contributed by atoms with Crippen LogP contribution in [0.15, 0.2) is 54.6 Å². The van der Waals surface area contributed by atoms with Crippen LogP contribution in [0.25, 0.3) is 0 Å². The molecule has 0 spiro atoms. The lowest BCUT2D eigenvalue weighted by Gasteiger charge is -2.14. The molecule has 0 aliphatic heterocycles. The fraction of sp³-hybridized carbons (Fsp3) is 0.500. The van der Waals surface area contributed by atoms with Gasteiger partial charge in [0, 0.05) is 11.1 Å². The van der Waals surface area contributed by atoms with Gasteiger partial charge in [-0.05, 0) is 31.7 Å². The second kappa shape index (κ2) is 15.7. The van der Waals surface area contributed by atoms with Gasteiger partial charge in [0.25, 0.3) is 0 Å². The van der Waals surface area contributed by atoms with Gasteiger partial charge in [-0.3, -0.25) is 0 Å². The van der Waals surface area contributed by atoms with Crippen molar-refractivity contribution in [3.8, 4) is 0 Å². The summed E-state index contributed by atoms with van der Waals surface area (Å²) in [5.41, 5.74) is 1.89. The van der Waals surface area contributed by atoms with Crippen molar-refractivity contribution in [3.63, 3.8) is 0 Å². The molecule has 1 aromatic carbocycles. The van der Waals surface area contributed by atoms with E-state index in [4.69, 9.17) is 9.47 Å². The quantitative estimate of drug-likeness (QED) is 0.264. The third kappa shape index (κ3) is 12.9. The van der Waals surface area contributed by atoms with Crippen molar-refractivity contribution in [2.75, 3.05) is 6.61 Å². The van der Waals surface area contributed by atoms with Crippen molar-refractivity contribution in [2.45, 2.75) is 66.4 Å². The standard InChI is InChI=1S/C13H24O2.C11H12O2/c1-5-7-8-9-12(6-2)10-15-13(14)11(3)4;1-9(2)11(12)13-8-10-6-4-3-5-7-10/h12H,3,5-10H2,1-2,4H3;3-7H,1,8H2,2H3. The molecule has 1 rings (SSSR count). The smallest absolute Gasteiger partial charge is 0.333 e. The van der Waals surface area contributed by atoms with Gasteiger partial charge in [0.2, 0.25) is 0 Å². The van der Waals surface area contributed by atoms with Gasteiger partial charge in [-0.25, -0.2) is 9.59 Å². The first-order valence-electron chi connectivity index (χ1n) is 10.0. The van der Waals surface area contributed by atoms with Crippen molar-refractivity contribution in [1.29, 1.82) is 0 Å². The molecule has 0 aliphatic rings. The van der Waals surface area contributed by atoms with Crippen molar-refractivity contribution in [1.82, 2.24) is 0 Å². The van der Waals surface area contributed by atoms with Gasteiger partial charge in [0.15, 0.2) is 0 Å². The Morgan fingerprint density at radius 2 is 1.50 bits per heavy atom. The second-order valence-electron chi connectivity index (χ2n) is 6.99. The van der Waals surface area contributed by atoms with E-state index in [0.29, 0.717) is 30.3 Å². The molecule has 1 unspecified atom stereocenters. The Balaban J connectivity index is 0.000000525. The summed E-state index contributed by atoms with van der Waals surface area (Å²) < 4.78 is 10.1. The van der Waals surface area contributed by atoms with Crippen LogP contribution in [-0.4, -0.2) is 18.5 Å². The average molecular weight is 389 g/mol. The van der Waals surface area contributed by atoms with E-state index < -0.39 is 0 Å². The molecule has 1 atom stereocenters. The summed E-state index contributed by atoms with van der Waals surface area (Å²) in [5, 5.41) is 0. The number of carbonyl (C=O) groups excluding carboxylic acids is 2. The Morgan fingerprint density at radius 1 is 0.929 bits per heavy atom. The number of rotatable bonds is 11. The van der Waals surface area contributed by atoms with E-state index in [-0.39, 0.29) is 11.9 Å². The van der Waals surface area contributed by atoms with Crippen LogP contribution in [0.5, 0.6) is 0 Å². The summed E-state index contributed by atoms with van der Waals surface area (Å²) in [6.45, 7) is 15.6. The summed E-state index contributed by atoms with van der Waals surface area (Å²) in [4.78, 5) is 22.2. The van der Waals surface area contributed by atoms with E-state index in [9.17, 15) is 9.59 Å². The minimum Gasteiger partial charge on any atom is -0.462 e. The maximum atomic E-state index is 11.2. The topological polar surface area (TPSA) is 52.6 Å². The monoisotopic (exact) mass is 388 g/mol. The van der Waals surface area contributed by atoms with Crippen LogP contribution in [0, 0.1) is 5.92 Å². The fourth-order valence-corrected chi connectivity index (χ4v) is 2.25. The van der Waals surface area contributed by atoms with Gasteiger partial charge >= 0.3 is 11.9 Å². The van der Waals surface area contributed by atoms with Crippen molar-refractivity contribution in [3.05, 3.63) is 60.2 Å². The van der Waals surface area contributed by atoms with Crippen LogP contribution >= 0.6 is 0 Å². The van der Waals surface area contributed by atoms with Crippen LogP contribution in [0.3, 0.4) is 0 Å². The fourth-order valence-electron chi connectivity index (χ4n) is 2.25. The first-order valence-corrected chi connectivity index (χ1v) is 10.0. The molecule has 28 heavy (non-hydrogen) atoms. The Hall–Kier alpha value is -2.36. The van der Waals surface area contributed by atoms with Gasteiger partial charge in [-0.15, -0.1) is 0 Å². The molecule has 1 aromatic rings. The van der Waals surface area contributed by atoms with Crippen molar-refractivity contribution >= 4 is 11.9 Å². The highest BCUT2D eigenvalue weighted by molar-refractivity contribution is 5.87. The molecule has 0 radical (unpaired) electrons. The normalized spacial score (nSPS) is 10.9. The van der Waals surface area contributed by atoms with Crippen molar-refractivity contribution in [2.24, 2.45) is 5.92 Å². The first kappa shape index (κ1) is 25.6. The molecule has 0 N–H and O–H groups in total. The molecule has 0 aliphatic carbocycles. The van der Waals surface area contributed by atoms with Crippen LogP contribution in [-0.2, 0) is 25.7 Å². The molecular formula is C24H36O4. The SMILES string of the molecule is C=C(C)C(=O)OCC(CC)CCCCC.C=C(C)C(=O)OCc1ccccc1. The van der Waals surface area contributed by atoms with E-state index in [1.807, 2.05) is 30.3 Å². The third-order valence-corrected chi connectivity index (χ3v) is 4.15. The third-order valence-electron chi connectivity index (χ3n) is 4.15. The Morgan fingerprint density at radius 3 is 2.00 bits per heavy atom. The molecule has 4 nitrogen and oxygen atoms in total. The van der Waals surface area contributed by atoms with Gasteiger partial charge in [-0.2, -0.15) is 0 Å². The maximum Gasteiger partial charge on any atom is 0.333 e. The summed E-state index contributed by atoms with van der Waals surface area (Å²) >= 11 is 0. The highest BCUT2D eigenvalue weighted by Crippen LogP contribution is 2.14. The molecule has 4 heteroatoms. The van der Waals surface area contributed by atoms with Crippen LogP contribution in [0.4, 0.5) is 0 Å². The zero-order chi connectivity index (χ0) is 21.4. The summed E-state index contributed by atoms with van der Waals surface area (Å²) in [7, 11) is 0. The number of carbonyl (C=O) groups is 2. The summed E-state index contributed by atoms with van der Waals surface area (Å²) in [6, 6.07) is 9.55. The van der Waals surface area contributed by atoms with E-state index in [0.717, 1.165) is 18.4 Å². The Kier molecular flexibility index (Phi) is 14.4. The number of ether oxygens (including phenoxy) is 2. The van der Waals surface area contributed by atoms with Gasteiger partial charge in [0.1, 0.15) is 6.61 Å². The van der Waals surface area contributed by atoms with Crippen molar-refractivity contribution < 1.29 is 19.1 Å². The van der Waals surface area contributed by atoms with Crippen LogP contribution in [0.2, 0.25) is 0 Å². The molecule has 0 amide bonds. The number of unbranched alkanes of at least 4 members (excludes halogenated alkanes) is 2. The number of hydrogen-bond donors (Lipinski definition) is 0. The lowest BCUT2D eigenvalue weighted by Crippen LogP contribution is -2.14. The maximum absolute atomic E-state index is 11.2. The van der Waals surface area contributed by atoms with Gasteiger partial charge in [-0.1, -0.05) is 83.0 Å². The zero-order valence-electron chi connectivity index (χ0n) is 18.0. The minimum atomic E-state index is -0.344. The lowest BCUT2D eigenvalue weighted by atomic mass is 10.00. The average Bonchev–Trinajstić information content (AvgIpc) is 2.69. The van der Waals surface area contributed by atoms with E-state index in [1.165, 1.54) is 19.3 Å². The zero-order valence-corrected chi connectivity index (χ0v) is 18.0. The van der Waals surface area contributed by atoms with Gasteiger partial charge < -0.3 is 9.47 Å². The number of esters is 2. The Labute approximate surface area is 170 Å². The van der Waals surface area contributed by atoms with E-state index in [1.54, 1.807) is 13.8 Å². The summed E-state index contributed by atoms with van der Waals surface area (Å²) in [5.74, 6) is -0.0901. The Bertz CT molecular complexity index is 604. The molecule has 0 saturated heterocycles. The molecular weight excluding hydrogens is 352 g/mol. The predicted octanol–water partition coefficient (Wildman–Crippen LogP) is 6.02. The second-order valence-corrected chi connectivity index (χ2v) is 6.99. The minimum absolute atomic E-state index is 0.260. The molecule has 0 fully saturated rings. The summed E-state index contributed by atoms with van der Waals surface area (Å²) in [6.07, 6.45) is 5.98. The van der Waals surface area contributed by atoms with E-state index >= 15 is 0 Å². The highest BCUT2D eigenvalue weighted by atomic mass is 16.5. The van der Waals surface area contributed by atoms with Crippen LogP contribution < -0.4 is 0 Å². The van der Waals surface area contributed by atoms with E-state index in [2.05, 4.69) is 27.0 Å². The number of benzene rings is 1. The highest BCUT2D eigenvalue weighted by Gasteiger charge is 2.10. The first-order chi connectivity index (χ1) is 13.3. The molecule has 0 bridgehead atoms. The largest absolute Gasteiger partial charge is 0.462 e. The van der Waals surface area contributed by atoms with Gasteiger partial charge in [0.05, 0.1) is 6.61 Å². The molecule has 0 saturated carbocycles. The molecule has 156 valence electrons. The lowest BCUT2D eigenvalue weighted by molar-refractivity contribution is -0.141. The predicted molar refractivity (Wildman–Crippen MR) is 115 cm³/mol. The molecule has 0 aromatic heterocycles. The number of hydrogen-bond acceptors (Lipinski definition) is 4.